The third kappa shape index (κ3) is 6.00. The van der Waals surface area contributed by atoms with Crippen LogP contribution in [0.4, 0.5) is 0 Å². The maximum absolute atomic E-state index is 11.6. The van der Waals surface area contributed by atoms with Crippen LogP contribution >= 0.6 is 0 Å². The average Bonchev–Trinajstić information content (AvgIpc) is 3.07. The highest BCUT2D eigenvalue weighted by atomic mass is 16.5. The molecule has 0 heterocycles. The number of hydrogen-bond donors (Lipinski definition) is 3. The molecular formula is C12H24N2O3. The van der Waals surface area contributed by atoms with Gasteiger partial charge in [-0.3, -0.25) is 4.79 Å². The molecule has 0 aliphatic heterocycles. The number of rotatable bonds is 8. The lowest BCUT2D eigenvalue weighted by atomic mass is 10.0. The molecule has 1 amide bonds. The van der Waals surface area contributed by atoms with Gasteiger partial charge in [-0.25, -0.2) is 0 Å². The molecule has 1 aliphatic carbocycles. The molecule has 100 valence electrons. The van der Waals surface area contributed by atoms with Crippen LogP contribution in [0.25, 0.3) is 0 Å². The Balaban J connectivity index is 2.20. The Labute approximate surface area is 103 Å². The Bertz CT molecular complexity index is 252. The van der Waals surface area contributed by atoms with Gasteiger partial charge in [0.25, 0.3) is 0 Å². The van der Waals surface area contributed by atoms with Crippen LogP contribution in [0, 0.1) is 0 Å². The van der Waals surface area contributed by atoms with Gasteiger partial charge in [-0.1, -0.05) is 0 Å². The topological polar surface area (TPSA) is 70.6 Å². The van der Waals surface area contributed by atoms with Gasteiger partial charge in [-0.2, -0.15) is 0 Å². The molecule has 2 atom stereocenters. The molecule has 1 rings (SSSR count). The van der Waals surface area contributed by atoms with Crippen LogP contribution in [0.2, 0.25) is 0 Å². The Hall–Kier alpha value is -0.650. The summed E-state index contributed by atoms with van der Waals surface area (Å²) in [5.74, 6) is 0.00930. The highest BCUT2D eigenvalue weighted by Crippen LogP contribution is 2.18. The van der Waals surface area contributed by atoms with Gasteiger partial charge in [0.05, 0.1) is 11.6 Å². The molecule has 2 unspecified atom stereocenters. The van der Waals surface area contributed by atoms with Crippen molar-refractivity contribution in [3.05, 3.63) is 0 Å². The van der Waals surface area contributed by atoms with Gasteiger partial charge in [-0.05, 0) is 26.7 Å². The van der Waals surface area contributed by atoms with Crippen molar-refractivity contribution in [3.8, 4) is 0 Å². The van der Waals surface area contributed by atoms with Gasteiger partial charge in [0, 0.05) is 32.7 Å². The summed E-state index contributed by atoms with van der Waals surface area (Å²) in [5, 5.41) is 16.0. The summed E-state index contributed by atoms with van der Waals surface area (Å²) in [4.78, 5) is 11.6. The predicted molar refractivity (Wildman–Crippen MR) is 65.7 cm³/mol. The highest BCUT2D eigenvalue weighted by Gasteiger charge is 2.27. The van der Waals surface area contributed by atoms with E-state index in [0.29, 0.717) is 25.6 Å². The molecule has 17 heavy (non-hydrogen) atoms. The van der Waals surface area contributed by atoms with Gasteiger partial charge in [0.1, 0.15) is 0 Å². The summed E-state index contributed by atoms with van der Waals surface area (Å²) < 4.78 is 4.93. The molecule has 1 saturated carbocycles. The first kappa shape index (κ1) is 14.4. The van der Waals surface area contributed by atoms with Crippen molar-refractivity contribution in [1.82, 2.24) is 10.6 Å². The Morgan fingerprint density at radius 2 is 2.24 bits per heavy atom. The van der Waals surface area contributed by atoms with Crippen molar-refractivity contribution in [3.63, 3.8) is 0 Å². The van der Waals surface area contributed by atoms with Gasteiger partial charge >= 0.3 is 0 Å². The second kappa shape index (κ2) is 6.33. The molecule has 0 radical (unpaired) electrons. The van der Waals surface area contributed by atoms with Gasteiger partial charge < -0.3 is 20.5 Å². The fraction of sp³-hybridized carbons (Fsp3) is 0.917. The molecule has 0 bridgehead atoms. The normalized spacial score (nSPS) is 20.7. The molecule has 0 aromatic rings. The summed E-state index contributed by atoms with van der Waals surface area (Å²) in [5.41, 5.74) is -0.843. The zero-order chi connectivity index (χ0) is 12.9. The smallest absolute Gasteiger partial charge is 0.237 e. The lowest BCUT2D eigenvalue weighted by Gasteiger charge is -2.25. The molecule has 5 nitrogen and oxygen atoms in total. The first-order chi connectivity index (χ1) is 7.94. The minimum atomic E-state index is -0.843. The van der Waals surface area contributed by atoms with Gasteiger partial charge in [0.2, 0.25) is 5.91 Å². The summed E-state index contributed by atoms with van der Waals surface area (Å²) in [6.07, 6.45) is 2.72. The SMILES string of the molecule is COCCC(C)(O)CNC(C)C(=O)NC1CC1. The van der Waals surface area contributed by atoms with Gasteiger partial charge in [-0.15, -0.1) is 0 Å². The van der Waals surface area contributed by atoms with E-state index in [1.807, 2.05) is 6.92 Å². The molecular weight excluding hydrogens is 220 g/mol. The molecule has 0 saturated heterocycles. The lowest BCUT2D eigenvalue weighted by molar-refractivity contribution is -0.123. The van der Waals surface area contributed by atoms with Crippen LogP contribution in [0.15, 0.2) is 0 Å². The van der Waals surface area contributed by atoms with E-state index in [2.05, 4.69) is 10.6 Å². The van der Waals surface area contributed by atoms with Crippen LogP contribution in [0.3, 0.4) is 0 Å². The molecule has 0 aromatic carbocycles. The van der Waals surface area contributed by atoms with Crippen molar-refractivity contribution in [2.45, 2.75) is 50.8 Å². The summed E-state index contributed by atoms with van der Waals surface area (Å²) in [6.45, 7) is 4.45. The van der Waals surface area contributed by atoms with E-state index in [4.69, 9.17) is 4.74 Å². The number of ether oxygens (including phenoxy) is 1. The van der Waals surface area contributed by atoms with Crippen LogP contribution in [-0.2, 0) is 9.53 Å². The summed E-state index contributed by atoms with van der Waals surface area (Å²) >= 11 is 0. The van der Waals surface area contributed by atoms with E-state index in [0.717, 1.165) is 12.8 Å². The quantitative estimate of drug-likeness (QED) is 0.563. The van der Waals surface area contributed by atoms with Gasteiger partial charge in [0.15, 0.2) is 0 Å². The largest absolute Gasteiger partial charge is 0.389 e. The first-order valence-electron chi connectivity index (χ1n) is 6.20. The predicted octanol–water partition coefficient (Wildman–Crippen LogP) is 0.0306. The van der Waals surface area contributed by atoms with Crippen LogP contribution < -0.4 is 10.6 Å². The van der Waals surface area contributed by atoms with Crippen LogP contribution in [-0.4, -0.2) is 49.0 Å². The minimum absolute atomic E-state index is 0.00930. The van der Waals surface area contributed by atoms with Crippen LogP contribution in [0.5, 0.6) is 0 Å². The van der Waals surface area contributed by atoms with E-state index >= 15 is 0 Å². The number of carbonyl (C=O) groups excluding carboxylic acids is 1. The maximum Gasteiger partial charge on any atom is 0.237 e. The molecule has 0 aromatic heterocycles. The second-order valence-electron chi connectivity index (χ2n) is 5.13. The van der Waals surface area contributed by atoms with Crippen molar-refractivity contribution in [1.29, 1.82) is 0 Å². The third-order valence-corrected chi connectivity index (χ3v) is 2.95. The number of carbonyl (C=O) groups is 1. The Morgan fingerprint density at radius 3 is 2.76 bits per heavy atom. The van der Waals surface area contributed by atoms with E-state index in [-0.39, 0.29) is 11.9 Å². The van der Waals surface area contributed by atoms with E-state index < -0.39 is 5.60 Å². The lowest BCUT2D eigenvalue weighted by Crippen LogP contribution is -2.48. The zero-order valence-electron chi connectivity index (χ0n) is 11.0. The van der Waals surface area contributed by atoms with Crippen molar-refractivity contribution in [2.75, 3.05) is 20.3 Å². The molecule has 3 N–H and O–H groups in total. The average molecular weight is 244 g/mol. The zero-order valence-corrected chi connectivity index (χ0v) is 11.0. The number of methoxy groups -OCH3 is 1. The summed E-state index contributed by atoms with van der Waals surface area (Å²) in [6, 6.07) is 0.102. The molecule has 1 aliphatic rings. The number of hydrogen-bond acceptors (Lipinski definition) is 4. The monoisotopic (exact) mass is 244 g/mol. The van der Waals surface area contributed by atoms with Crippen molar-refractivity contribution >= 4 is 5.91 Å². The minimum Gasteiger partial charge on any atom is -0.389 e. The van der Waals surface area contributed by atoms with E-state index in [1.54, 1.807) is 14.0 Å². The van der Waals surface area contributed by atoms with Crippen molar-refractivity contribution < 1.29 is 14.6 Å². The number of nitrogens with one attached hydrogen (secondary N) is 2. The Morgan fingerprint density at radius 1 is 1.59 bits per heavy atom. The standard InChI is InChI=1S/C12H24N2O3/c1-9(11(15)14-10-4-5-10)13-8-12(2,16)6-7-17-3/h9-10,13,16H,4-8H2,1-3H3,(H,14,15). The highest BCUT2D eigenvalue weighted by molar-refractivity contribution is 5.81. The third-order valence-electron chi connectivity index (χ3n) is 2.95. The number of amides is 1. The first-order valence-corrected chi connectivity index (χ1v) is 6.20. The Kier molecular flexibility index (Phi) is 5.36. The van der Waals surface area contributed by atoms with E-state index in [9.17, 15) is 9.90 Å². The van der Waals surface area contributed by atoms with Crippen molar-refractivity contribution in [2.24, 2.45) is 0 Å². The molecule has 0 spiro atoms. The van der Waals surface area contributed by atoms with Crippen LogP contribution in [0.1, 0.15) is 33.1 Å². The summed E-state index contributed by atoms with van der Waals surface area (Å²) in [7, 11) is 1.61. The molecule has 1 fully saturated rings. The fourth-order valence-corrected chi connectivity index (χ4v) is 1.43. The van der Waals surface area contributed by atoms with E-state index in [1.165, 1.54) is 0 Å². The fourth-order valence-electron chi connectivity index (χ4n) is 1.43. The maximum atomic E-state index is 11.6. The second-order valence-corrected chi connectivity index (χ2v) is 5.13. The number of aliphatic hydroxyl groups is 1. The molecule has 5 heteroatoms.